The lowest BCUT2D eigenvalue weighted by atomic mass is 10.2. The SMILES string of the molecule is O=C(CN(CC1CCCO1)S(=O)(=O)c1ccccc1)N(Cc1ccc(F)cc1)Cc1ccco1. The van der Waals surface area contributed by atoms with Gasteiger partial charge in [-0.15, -0.1) is 0 Å². The standard InChI is InChI=1S/C25H27FN2O5S/c26-21-12-10-20(11-13-21)16-27(17-22-6-4-14-32-22)25(29)19-28(18-23-7-5-15-33-23)34(30,31)24-8-2-1-3-9-24/h1-4,6,8-14,23H,5,7,15-19H2. The highest BCUT2D eigenvalue weighted by Gasteiger charge is 2.32. The van der Waals surface area contributed by atoms with Gasteiger partial charge in [-0.1, -0.05) is 30.3 Å². The van der Waals surface area contributed by atoms with Crippen molar-refractivity contribution in [1.29, 1.82) is 0 Å². The highest BCUT2D eigenvalue weighted by Crippen LogP contribution is 2.21. The topological polar surface area (TPSA) is 80.1 Å². The maximum atomic E-state index is 13.5. The Hall–Kier alpha value is -3.01. The Morgan fingerprint density at radius 3 is 2.41 bits per heavy atom. The smallest absolute Gasteiger partial charge is 0.243 e. The number of ether oxygens (including phenoxy) is 1. The number of hydrogen-bond donors (Lipinski definition) is 0. The van der Waals surface area contributed by atoms with Crippen molar-refractivity contribution in [1.82, 2.24) is 9.21 Å². The molecular weight excluding hydrogens is 459 g/mol. The minimum absolute atomic E-state index is 0.0914. The van der Waals surface area contributed by atoms with Crippen molar-refractivity contribution in [2.75, 3.05) is 19.7 Å². The van der Waals surface area contributed by atoms with Crippen molar-refractivity contribution >= 4 is 15.9 Å². The van der Waals surface area contributed by atoms with Gasteiger partial charge in [0.05, 0.1) is 30.4 Å². The summed E-state index contributed by atoms with van der Waals surface area (Å²) in [6, 6.07) is 17.4. The monoisotopic (exact) mass is 486 g/mol. The first-order chi connectivity index (χ1) is 16.4. The fourth-order valence-electron chi connectivity index (χ4n) is 3.89. The molecule has 7 nitrogen and oxygen atoms in total. The number of benzene rings is 2. The third kappa shape index (κ3) is 6.11. The minimum atomic E-state index is -3.92. The Bertz CT molecular complexity index is 1160. The summed E-state index contributed by atoms with van der Waals surface area (Å²) in [4.78, 5) is 15.1. The molecule has 9 heteroatoms. The molecule has 0 radical (unpaired) electrons. The highest BCUT2D eigenvalue weighted by molar-refractivity contribution is 7.89. The summed E-state index contributed by atoms with van der Waals surface area (Å²) < 4.78 is 52.5. The molecule has 1 aliphatic rings. The quantitative estimate of drug-likeness (QED) is 0.435. The number of sulfonamides is 1. The number of rotatable bonds is 10. The van der Waals surface area contributed by atoms with Crippen molar-refractivity contribution in [3.05, 3.63) is 90.1 Å². The van der Waals surface area contributed by atoms with E-state index in [0.29, 0.717) is 12.4 Å². The summed E-state index contributed by atoms with van der Waals surface area (Å²) >= 11 is 0. The van der Waals surface area contributed by atoms with E-state index in [0.717, 1.165) is 18.4 Å². The molecule has 1 amide bonds. The summed E-state index contributed by atoms with van der Waals surface area (Å²) in [5, 5.41) is 0. The average molecular weight is 487 g/mol. The summed E-state index contributed by atoms with van der Waals surface area (Å²) in [7, 11) is -3.92. The minimum Gasteiger partial charge on any atom is -0.467 e. The predicted molar refractivity (Wildman–Crippen MR) is 124 cm³/mol. The van der Waals surface area contributed by atoms with E-state index in [9.17, 15) is 17.6 Å². The van der Waals surface area contributed by atoms with Gasteiger partial charge in [0.1, 0.15) is 11.6 Å². The van der Waals surface area contributed by atoms with Crippen molar-refractivity contribution < 1.29 is 26.8 Å². The Labute approximate surface area is 198 Å². The third-order valence-electron chi connectivity index (χ3n) is 5.69. The Morgan fingerprint density at radius 2 is 1.76 bits per heavy atom. The van der Waals surface area contributed by atoms with Crippen molar-refractivity contribution in [2.45, 2.75) is 36.9 Å². The number of carbonyl (C=O) groups is 1. The van der Waals surface area contributed by atoms with Crippen molar-refractivity contribution in [3.63, 3.8) is 0 Å². The Kier molecular flexibility index (Phi) is 7.77. The molecule has 1 aromatic heterocycles. The first-order valence-corrected chi connectivity index (χ1v) is 12.6. The number of furan rings is 1. The van der Waals surface area contributed by atoms with Crippen molar-refractivity contribution in [2.24, 2.45) is 0 Å². The molecule has 0 aliphatic carbocycles. The normalized spacial score (nSPS) is 16.1. The second-order valence-electron chi connectivity index (χ2n) is 8.20. The Morgan fingerprint density at radius 1 is 1.00 bits per heavy atom. The van der Waals surface area contributed by atoms with Gasteiger partial charge >= 0.3 is 0 Å². The lowest BCUT2D eigenvalue weighted by molar-refractivity contribution is -0.133. The summed E-state index contributed by atoms with van der Waals surface area (Å²) in [6.07, 6.45) is 2.84. The molecule has 4 rings (SSSR count). The molecule has 1 saturated heterocycles. The molecule has 0 bridgehead atoms. The van der Waals surface area contributed by atoms with Crippen LogP contribution >= 0.6 is 0 Å². The molecular formula is C25H27FN2O5S. The van der Waals surface area contributed by atoms with Crippen LogP contribution in [0.25, 0.3) is 0 Å². The fraction of sp³-hybridized carbons (Fsp3) is 0.320. The molecule has 180 valence electrons. The van der Waals surface area contributed by atoms with E-state index in [1.807, 2.05) is 0 Å². The van der Waals surface area contributed by atoms with Crippen LogP contribution < -0.4 is 0 Å². The van der Waals surface area contributed by atoms with Gasteiger partial charge in [0, 0.05) is 19.7 Å². The first-order valence-electron chi connectivity index (χ1n) is 11.1. The lowest BCUT2D eigenvalue weighted by Gasteiger charge is -2.28. The van der Waals surface area contributed by atoms with Crippen LogP contribution in [0, 0.1) is 5.82 Å². The van der Waals surface area contributed by atoms with Crippen LogP contribution in [0.2, 0.25) is 0 Å². The van der Waals surface area contributed by atoms with E-state index in [4.69, 9.17) is 9.15 Å². The first kappa shape index (κ1) is 24.1. The predicted octanol–water partition coefficient (Wildman–Crippen LogP) is 3.82. The van der Waals surface area contributed by atoms with Gasteiger partial charge in [-0.2, -0.15) is 4.31 Å². The fourth-order valence-corrected chi connectivity index (χ4v) is 5.33. The lowest BCUT2D eigenvalue weighted by Crippen LogP contribution is -2.45. The van der Waals surface area contributed by atoms with Crippen LogP contribution in [-0.2, 0) is 32.6 Å². The average Bonchev–Trinajstić information content (AvgIpc) is 3.54. The second kappa shape index (κ2) is 10.9. The Balaban J connectivity index is 1.58. The molecule has 0 saturated carbocycles. The van der Waals surface area contributed by atoms with Gasteiger partial charge < -0.3 is 14.1 Å². The number of nitrogens with zero attached hydrogens (tertiary/aromatic N) is 2. The van der Waals surface area contributed by atoms with Crippen LogP contribution in [0.1, 0.15) is 24.2 Å². The van der Waals surface area contributed by atoms with E-state index >= 15 is 0 Å². The third-order valence-corrected chi connectivity index (χ3v) is 7.52. The number of carbonyl (C=O) groups excluding carboxylic acids is 1. The molecule has 0 spiro atoms. The van der Waals surface area contributed by atoms with Gasteiger partial charge in [0.25, 0.3) is 0 Å². The van der Waals surface area contributed by atoms with Gasteiger partial charge in [-0.05, 0) is 54.8 Å². The zero-order valence-corrected chi connectivity index (χ0v) is 19.5. The zero-order valence-electron chi connectivity index (χ0n) is 18.7. The maximum absolute atomic E-state index is 13.5. The van der Waals surface area contributed by atoms with E-state index in [-0.39, 0.29) is 43.0 Å². The van der Waals surface area contributed by atoms with Crippen LogP contribution in [0.3, 0.4) is 0 Å². The molecule has 2 aromatic carbocycles. The van der Waals surface area contributed by atoms with Crippen LogP contribution in [0.5, 0.6) is 0 Å². The van der Waals surface area contributed by atoms with Crippen molar-refractivity contribution in [3.8, 4) is 0 Å². The highest BCUT2D eigenvalue weighted by atomic mass is 32.2. The van der Waals surface area contributed by atoms with Crippen LogP contribution in [0.4, 0.5) is 4.39 Å². The number of halogens is 1. The molecule has 2 heterocycles. The van der Waals surface area contributed by atoms with Gasteiger partial charge in [-0.3, -0.25) is 4.79 Å². The van der Waals surface area contributed by atoms with E-state index < -0.39 is 15.9 Å². The summed E-state index contributed by atoms with van der Waals surface area (Å²) in [5.74, 6) is -0.199. The van der Waals surface area contributed by atoms with Crippen LogP contribution in [-0.4, -0.2) is 49.3 Å². The van der Waals surface area contributed by atoms with Crippen LogP contribution in [0.15, 0.2) is 82.3 Å². The van der Waals surface area contributed by atoms with E-state index in [1.165, 1.54) is 39.7 Å². The molecule has 0 N–H and O–H groups in total. The molecule has 34 heavy (non-hydrogen) atoms. The molecule has 1 aliphatic heterocycles. The summed E-state index contributed by atoms with van der Waals surface area (Å²) in [5.41, 5.74) is 0.720. The van der Waals surface area contributed by atoms with E-state index in [1.54, 1.807) is 42.5 Å². The molecule has 3 aromatic rings. The second-order valence-corrected chi connectivity index (χ2v) is 10.1. The molecule has 1 atom stereocenters. The maximum Gasteiger partial charge on any atom is 0.243 e. The largest absolute Gasteiger partial charge is 0.467 e. The summed E-state index contributed by atoms with van der Waals surface area (Å²) in [6.45, 7) is 0.654. The zero-order chi connectivity index (χ0) is 24.0. The van der Waals surface area contributed by atoms with Gasteiger partial charge in [0.15, 0.2) is 0 Å². The number of amides is 1. The number of hydrogen-bond acceptors (Lipinski definition) is 5. The van der Waals surface area contributed by atoms with Gasteiger partial charge in [-0.25, -0.2) is 12.8 Å². The van der Waals surface area contributed by atoms with E-state index in [2.05, 4.69) is 0 Å². The molecule has 1 fully saturated rings. The molecule has 1 unspecified atom stereocenters. The van der Waals surface area contributed by atoms with Gasteiger partial charge in [0.2, 0.25) is 15.9 Å².